The van der Waals surface area contributed by atoms with E-state index in [1.54, 1.807) is 7.11 Å². The first-order valence-corrected chi connectivity index (χ1v) is 9.93. The fraction of sp³-hybridized carbons (Fsp3) is 0.682. The molecule has 0 radical (unpaired) electrons. The quantitative estimate of drug-likeness (QED) is 0.352. The number of rotatable bonds is 6. The molecule has 0 aliphatic carbocycles. The van der Waals surface area contributed by atoms with E-state index >= 15 is 0 Å². The number of ether oxygens (including phenoxy) is 2. The van der Waals surface area contributed by atoms with Crippen molar-refractivity contribution in [3.63, 3.8) is 0 Å². The highest BCUT2D eigenvalue weighted by Gasteiger charge is 2.35. The summed E-state index contributed by atoms with van der Waals surface area (Å²) in [6, 6.07) is 8.71. The number of hydrogen-bond donors (Lipinski definition) is 2. The summed E-state index contributed by atoms with van der Waals surface area (Å²) in [5.41, 5.74) is 2.91. The van der Waals surface area contributed by atoms with Crippen molar-refractivity contribution in [3.8, 4) is 0 Å². The summed E-state index contributed by atoms with van der Waals surface area (Å²) in [6.45, 7) is 11.9. The van der Waals surface area contributed by atoms with Gasteiger partial charge in [-0.25, -0.2) is 0 Å². The van der Waals surface area contributed by atoms with E-state index in [1.807, 2.05) is 7.05 Å². The van der Waals surface area contributed by atoms with Gasteiger partial charge in [-0.1, -0.05) is 45.0 Å². The van der Waals surface area contributed by atoms with Crippen LogP contribution in [0.3, 0.4) is 0 Å². The summed E-state index contributed by atoms with van der Waals surface area (Å²) in [7, 11) is 3.58. The number of aryl methyl sites for hydroxylation is 1. The summed E-state index contributed by atoms with van der Waals surface area (Å²) in [5.74, 6) is 0.820. The zero-order valence-electron chi connectivity index (χ0n) is 18.3. The number of benzene rings is 1. The van der Waals surface area contributed by atoms with Crippen molar-refractivity contribution in [2.45, 2.75) is 52.1 Å². The molecule has 1 fully saturated rings. The smallest absolute Gasteiger partial charge is 0.191 e. The third kappa shape index (κ3) is 6.59. The molecule has 1 unspecified atom stereocenters. The molecule has 0 aromatic heterocycles. The van der Waals surface area contributed by atoms with Gasteiger partial charge in [-0.05, 0) is 36.3 Å². The van der Waals surface area contributed by atoms with Crippen LogP contribution >= 0.6 is 24.0 Å². The van der Waals surface area contributed by atoms with Gasteiger partial charge in [-0.15, -0.1) is 24.0 Å². The average Bonchev–Trinajstić information content (AvgIpc) is 2.64. The van der Waals surface area contributed by atoms with E-state index in [0.29, 0.717) is 0 Å². The number of aliphatic imine (C=N–C) groups is 1. The second-order valence-corrected chi connectivity index (χ2v) is 8.60. The minimum atomic E-state index is 0. The maximum atomic E-state index is 5.66. The summed E-state index contributed by atoms with van der Waals surface area (Å²) < 4.78 is 11.3. The number of guanidine groups is 1. The Bertz CT molecular complexity index is 622. The highest BCUT2D eigenvalue weighted by molar-refractivity contribution is 14.0. The predicted molar refractivity (Wildman–Crippen MR) is 128 cm³/mol. The fourth-order valence-electron chi connectivity index (χ4n) is 3.88. The lowest BCUT2D eigenvalue weighted by molar-refractivity contribution is 0.0204. The molecule has 0 amide bonds. The van der Waals surface area contributed by atoms with Crippen LogP contribution in [0.25, 0.3) is 0 Å². The molecule has 2 rings (SSSR count). The Balaban J connectivity index is 0.00000392. The zero-order valence-corrected chi connectivity index (χ0v) is 20.6. The largest absolute Gasteiger partial charge is 0.381 e. The lowest BCUT2D eigenvalue weighted by Gasteiger charge is -2.39. The molecule has 1 aliphatic heterocycles. The van der Waals surface area contributed by atoms with E-state index in [-0.39, 0.29) is 40.9 Å². The van der Waals surface area contributed by atoms with Gasteiger partial charge in [0, 0.05) is 45.9 Å². The molecule has 2 N–H and O–H groups in total. The van der Waals surface area contributed by atoms with Crippen LogP contribution in [0.5, 0.6) is 0 Å². The predicted octanol–water partition coefficient (Wildman–Crippen LogP) is 3.89. The number of hydrogen-bond acceptors (Lipinski definition) is 3. The van der Waals surface area contributed by atoms with Crippen molar-refractivity contribution in [3.05, 3.63) is 35.4 Å². The normalized spacial score (nSPS) is 18.1. The van der Waals surface area contributed by atoms with Crippen LogP contribution in [0.2, 0.25) is 0 Å². The molecule has 1 aromatic rings. The fourth-order valence-corrected chi connectivity index (χ4v) is 3.88. The lowest BCUT2D eigenvalue weighted by atomic mass is 9.72. The van der Waals surface area contributed by atoms with Crippen molar-refractivity contribution in [1.82, 2.24) is 10.6 Å². The molecule has 0 bridgehead atoms. The van der Waals surface area contributed by atoms with E-state index in [1.165, 1.54) is 11.1 Å². The summed E-state index contributed by atoms with van der Waals surface area (Å²) in [6.07, 6.45) is 2.15. The number of halogens is 1. The first kappa shape index (κ1) is 25.2. The third-order valence-electron chi connectivity index (χ3n) is 5.69. The van der Waals surface area contributed by atoms with Crippen molar-refractivity contribution in [1.29, 1.82) is 0 Å². The molecule has 1 saturated heterocycles. The van der Waals surface area contributed by atoms with E-state index in [0.717, 1.165) is 45.1 Å². The molecule has 0 spiro atoms. The van der Waals surface area contributed by atoms with Gasteiger partial charge < -0.3 is 20.1 Å². The monoisotopic (exact) mass is 503 g/mol. The summed E-state index contributed by atoms with van der Waals surface area (Å²) in [4.78, 5) is 4.42. The van der Waals surface area contributed by atoms with Gasteiger partial charge in [0.2, 0.25) is 0 Å². The second-order valence-electron chi connectivity index (χ2n) is 8.60. The minimum absolute atomic E-state index is 0. The van der Waals surface area contributed by atoms with Crippen LogP contribution in [0, 0.1) is 12.3 Å². The van der Waals surface area contributed by atoms with Crippen LogP contribution in [-0.4, -0.2) is 52.5 Å². The van der Waals surface area contributed by atoms with Gasteiger partial charge in [0.05, 0.1) is 6.10 Å². The molecule has 6 heteroatoms. The SMILES string of the molecule is CN=C(NCC(OC)C(C)(C)C)NCC1(c2ccccc2C)CCOCC1.I. The standard InChI is InChI=1S/C22H37N3O2.HI/c1-17-9-7-8-10-18(17)22(11-13-27-14-12-22)16-25-20(23-5)24-15-19(26-6)21(2,3)4;/h7-10,19H,11-16H2,1-6H3,(H2,23,24,25);1H. The minimum Gasteiger partial charge on any atom is -0.381 e. The van der Waals surface area contributed by atoms with Crippen molar-refractivity contribution >= 4 is 29.9 Å². The van der Waals surface area contributed by atoms with Gasteiger partial charge in [-0.2, -0.15) is 0 Å². The molecule has 160 valence electrons. The van der Waals surface area contributed by atoms with Gasteiger partial charge >= 0.3 is 0 Å². The van der Waals surface area contributed by atoms with Gasteiger partial charge in [-0.3, -0.25) is 4.99 Å². The van der Waals surface area contributed by atoms with Crippen LogP contribution in [0.15, 0.2) is 29.3 Å². The molecule has 0 saturated carbocycles. The highest BCUT2D eigenvalue weighted by Crippen LogP contribution is 2.36. The van der Waals surface area contributed by atoms with Crippen LogP contribution in [0.1, 0.15) is 44.7 Å². The second kappa shape index (κ2) is 11.4. The number of nitrogens with one attached hydrogen (secondary N) is 2. The van der Waals surface area contributed by atoms with Crippen molar-refractivity contribution in [2.75, 3.05) is 40.5 Å². The van der Waals surface area contributed by atoms with E-state index in [2.05, 4.69) is 67.6 Å². The highest BCUT2D eigenvalue weighted by atomic mass is 127. The lowest BCUT2D eigenvalue weighted by Crippen LogP contribution is -2.50. The first-order valence-electron chi connectivity index (χ1n) is 9.93. The zero-order chi connectivity index (χ0) is 19.9. The van der Waals surface area contributed by atoms with Gasteiger partial charge in [0.1, 0.15) is 0 Å². The molecular weight excluding hydrogens is 465 g/mol. The number of nitrogens with zero attached hydrogens (tertiary/aromatic N) is 1. The Hall–Kier alpha value is -0.860. The molecule has 1 aliphatic rings. The van der Waals surface area contributed by atoms with Crippen LogP contribution < -0.4 is 10.6 Å². The van der Waals surface area contributed by atoms with E-state index in [9.17, 15) is 0 Å². The molecular formula is C22H38IN3O2. The van der Waals surface area contributed by atoms with Crippen LogP contribution in [0.4, 0.5) is 0 Å². The topological polar surface area (TPSA) is 54.9 Å². The Kier molecular flexibility index (Phi) is 10.2. The molecule has 28 heavy (non-hydrogen) atoms. The van der Waals surface area contributed by atoms with E-state index < -0.39 is 0 Å². The Morgan fingerprint density at radius 3 is 2.39 bits per heavy atom. The van der Waals surface area contributed by atoms with Gasteiger partial charge in [0.15, 0.2) is 5.96 Å². The Morgan fingerprint density at radius 2 is 1.86 bits per heavy atom. The third-order valence-corrected chi connectivity index (χ3v) is 5.69. The van der Waals surface area contributed by atoms with Crippen LogP contribution in [-0.2, 0) is 14.9 Å². The number of methoxy groups -OCH3 is 1. The molecule has 1 heterocycles. The van der Waals surface area contributed by atoms with E-state index in [4.69, 9.17) is 9.47 Å². The van der Waals surface area contributed by atoms with Crippen molar-refractivity contribution < 1.29 is 9.47 Å². The maximum absolute atomic E-state index is 5.66. The average molecular weight is 503 g/mol. The molecule has 5 nitrogen and oxygen atoms in total. The maximum Gasteiger partial charge on any atom is 0.191 e. The Labute approximate surface area is 188 Å². The van der Waals surface area contributed by atoms with Crippen molar-refractivity contribution in [2.24, 2.45) is 10.4 Å². The molecule has 1 atom stereocenters. The molecule has 1 aromatic carbocycles. The van der Waals surface area contributed by atoms with Gasteiger partial charge in [0.25, 0.3) is 0 Å². The summed E-state index contributed by atoms with van der Waals surface area (Å²) in [5, 5.41) is 7.00. The Morgan fingerprint density at radius 1 is 1.21 bits per heavy atom. The first-order chi connectivity index (χ1) is 12.8. The summed E-state index contributed by atoms with van der Waals surface area (Å²) >= 11 is 0.